The number of hydrogen-bond donors (Lipinski definition) is 3. The zero-order valence-corrected chi connectivity index (χ0v) is 12.2. The Morgan fingerprint density at radius 3 is 2.70 bits per heavy atom. The molecule has 0 aromatic heterocycles. The van der Waals surface area contributed by atoms with Crippen LogP contribution in [0, 0.1) is 12.8 Å². The van der Waals surface area contributed by atoms with Gasteiger partial charge in [0.15, 0.2) is 0 Å². The normalized spacial score (nSPS) is 15.1. The molecule has 0 bridgehead atoms. The van der Waals surface area contributed by atoms with Crippen molar-refractivity contribution in [2.75, 3.05) is 18.8 Å². The number of anilines is 1. The first-order valence-electron chi connectivity index (χ1n) is 6.54. The monoisotopic (exact) mass is 297 g/mol. The molecule has 1 aromatic carbocycles. The van der Waals surface area contributed by atoms with Gasteiger partial charge in [0.2, 0.25) is 15.9 Å². The average molecular weight is 297 g/mol. The molecule has 1 amide bonds. The van der Waals surface area contributed by atoms with Crippen molar-refractivity contribution in [1.29, 1.82) is 0 Å². The lowest BCUT2D eigenvalue weighted by Crippen LogP contribution is -2.35. The smallest absolute Gasteiger partial charge is 0.240 e. The Hall–Kier alpha value is -1.60. The van der Waals surface area contributed by atoms with Gasteiger partial charge in [-0.15, -0.1) is 0 Å². The standard InChI is InChI=1S/C13H19N3O3S/c1-9-11(14)3-2-4-12(9)20(18,19)16-8-7-15-13(17)10-5-6-10/h2-4,10,16H,5-8,14H2,1H3,(H,15,17). The molecule has 0 aliphatic heterocycles. The van der Waals surface area contributed by atoms with Gasteiger partial charge >= 0.3 is 0 Å². The lowest BCUT2D eigenvalue weighted by atomic mass is 10.2. The van der Waals surface area contributed by atoms with Crippen LogP contribution in [0.5, 0.6) is 0 Å². The molecular formula is C13H19N3O3S. The molecule has 0 saturated heterocycles. The van der Waals surface area contributed by atoms with E-state index in [0.717, 1.165) is 12.8 Å². The Balaban J connectivity index is 1.90. The van der Waals surface area contributed by atoms with Gasteiger partial charge in [-0.1, -0.05) is 6.07 Å². The Kier molecular flexibility index (Phi) is 4.29. The Morgan fingerprint density at radius 2 is 2.05 bits per heavy atom. The molecule has 4 N–H and O–H groups in total. The number of sulfonamides is 1. The number of nitrogen functional groups attached to an aromatic ring is 1. The summed E-state index contributed by atoms with van der Waals surface area (Å²) >= 11 is 0. The van der Waals surface area contributed by atoms with Crippen LogP contribution in [0.2, 0.25) is 0 Å². The topological polar surface area (TPSA) is 101 Å². The predicted molar refractivity (Wildman–Crippen MR) is 76.5 cm³/mol. The number of hydrogen-bond acceptors (Lipinski definition) is 4. The highest BCUT2D eigenvalue weighted by Crippen LogP contribution is 2.28. The van der Waals surface area contributed by atoms with Gasteiger partial charge in [0.05, 0.1) is 4.90 Å². The summed E-state index contributed by atoms with van der Waals surface area (Å²) in [5.41, 5.74) is 6.67. The van der Waals surface area contributed by atoms with E-state index in [9.17, 15) is 13.2 Å². The average Bonchev–Trinajstić information content (AvgIpc) is 3.22. The van der Waals surface area contributed by atoms with Crippen LogP contribution in [0.15, 0.2) is 23.1 Å². The van der Waals surface area contributed by atoms with Crippen LogP contribution in [-0.4, -0.2) is 27.4 Å². The van der Waals surface area contributed by atoms with Crippen LogP contribution in [-0.2, 0) is 14.8 Å². The molecule has 0 heterocycles. The molecule has 2 rings (SSSR count). The Morgan fingerprint density at radius 1 is 1.35 bits per heavy atom. The molecular weight excluding hydrogens is 278 g/mol. The van der Waals surface area contributed by atoms with E-state index in [1.807, 2.05) is 0 Å². The second-order valence-corrected chi connectivity index (χ2v) is 6.67. The van der Waals surface area contributed by atoms with E-state index in [2.05, 4.69) is 10.0 Å². The second kappa shape index (κ2) is 5.80. The lowest BCUT2D eigenvalue weighted by molar-refractivity contribution is -0.122. The highest BCUT2D eigenvalue weighted by atomic mass is 32.2. The highest BCUT2D eigenvalue weighted by molar-refractivity contribution is 7.89. The van der Waals surface area contributed by atoms with Crippen molar-refractivity contribution in [3.8, 4) is 0 Å². The van der Waals surface area contributed by atoms with Crippen molar-refractivity contribution in [2.24, 2.45) is 5.92 Å². The van der Waals surface area contributed by atoms with Crippen molar-refractivity contribution < 1.29 is 13.2 Å². The molecule has 20 heavy (non-hydrogen) atoms. The van der Waals surface area contributed by atoms with Crippen LogP contribution in [0.3, 0.4) is 0 Å². The first-order valence-corrected chi connectivity index (χ1v) is 8.02. The fourth-order valence-electron chi connectivity index (χ4n) is 1.86. The third kappa shape index (κ3) is 3.49. The van der Waals surface area contributed by atoms with Crippen molar-refractivity contribution in [3.05, 3.63) is 23.8 Å². The molecule has 7 heteroatoms. The van der Waals surface area contributed by atoms with Crippen LogP contribution in [0.1, 0.15) is 18.4 Å². The number of nitrogens with one attached hydrogen (secondary N) is 2. The summed E-state index contributed by atoms with van der Waals surface area (Å²) in [6.07, 6.45) is 1.86. The SMILES string of the molecule is Cc1c(N)cccc1S(=O)(=O)NCCNC(=O)C1CC1. The van der Waals surface area contributed by atoms with Crippen LogP contribution >= 0.6 is 0 Å². The summed E-state index contributed by atoms with van der Waals surface area (Å²) in [7, 11) is -3.60. The van der Waals surface area contributed by atoms with Gasteiger partial charge in [-0.05, 0) is 37.5 Å². The van der Waals surface area contributed by atoms with Crippen molar-refractivity contribution in [1.82, 2.24) is 10.0 Å². The molecule has 1 aliphatic rings. The van der Waals surface area contributed by atoms with E-state index in [0.29, 0.717) is 11.3 Å². The van der Waals surface area contributed by atoms with Gasteiger partial charge in [0, 0.05) is 24.7 Å². The molecule has 0 radical (unpaired) electrons. The number of nitrogens with two attached hydrogens (primary N) is 1. The predicted octanol–water partition coefficient (Wildman–Crippen LogP) is 0.382. The minimum Gasteiger partial charge on any atom is -0.398 e. The second-order valence-electron chi connectivity index (χ2n) is 4.93. The van der Waals surface area contributed by atoms with E-state index in [1.54, 1.807) is 19.1 Å². The zero-order valence-electron chi connectivity index (χ0n) is 11.3. The summed E-state index contributed by atoms with van der Waals surface area (Å²) < 4.78 is 26.7. The molecule has 1 fully saturated rings. The van der Waals surface area contributed by atoms with E-state index in [-0.39, 0.29) is 29.8 Å². The van der Waals surface area contributed by atoms with E-state index < -0.39 is 10.0 Å². The Bertz CT molecular complexity index is 609. The van der Waals surface area contributed by atoms with Crippen LogP contribution < -0.4 is 15.8 Å². The maximum atomic E-state index is 12.1. The number of carbonyl (C=O) groups excluding carboxylic acids is 1. The summed E-state index contributed by atoms with van der Waals surface area (Å²) in [6.45, 7) is 2.11. The molecule has 1 saturated carbocycles. The zero-order chi connectivity index (χ0) is 14.8. The largest absolute Gasteiger partial charge is 0.398 e. The van der Waals surface area contributed by atoms with Gasteiger partial charge < -0.3 is 11.1 Å². The van der Waals surface area contributed by atoms with E-state index in [1.165, 1.54) is 6.07 Å². The maximum Gasteiger partial charge on any atom is 0.240 e. The quantitative estimate of drug-likeness (QED) is 0.522. The lowest BCUT2D eigenvalue weighted by Gasteiger charge is -2.11. The van der Waals surface area contributed by atoms with Gasteiger partial charge in [-0.3, -0.25) is 4.79 Å². The third-order valence-electron chi connectivity index (χ3n) is 3.28. The molecule has 0 atom stereocenters. The molecule has 1 aliphatic carbocycles. The van der Waals surface area contributed by atoms with Gasteiger partial charge in [0.25, 0.3) is 0 Å². The van der Waals surface area contributed by atoms with Gasteiger partial charge in [0.1, 0.15) is 0 Å². The van der Waals surface area contributed by atoms with Crippen LogP contribution in [0.4, 0.5) is 5.69 Å². The number of amides is 1. The molecule has 0 spiro atoms. The maximum absolute atomic E-state index is 12.1. The van der Waals surface area contributed by atoms with Crippen molar-refractivity contribution in [2.45, 2.75) is 24.7 Å². The van der Waals surface area contributed by atoms with E-state index >= 15 is 0 Å². The van der Waals surface area contributed by atoms with Gasteiger partial charge in [-0.25, -0.2) is 13.1 Å². The number of carbonyl (C=O) groups is 1. The van der Waals surface area contributed by atoms with Gasteiger partial charge in [-0.2, -0.15) is 0 Å². The van der Waals surface area contributed by atoms with Crippen molar-refractivity contribution in [3.63, 3.8) is 0 Å². The minimum atomic E-state index is -3.60. The first-order chi connectivity index (χ1) is 9.42. The first kappa shape index (κ1) is 14.8. The molecule has 6 nitrogen and oxygen atoms in total. The summed E-state index contributed by atoms with van der Waals surface area (Å²) in [5.74, 6) is 0.132. The molecule has 0 unspecified atom stereocenters. The summed E-state index contributed by atoms with van der Waals surface area (Å²) in [6, 6.07) is 4.77. The summed E-state index contributed by atoms with van der Waals surface area (Å²) in [4.78, 5) is 11.6. The Labute approximate surface area is 118 Å². The third-order valence-corrected chi connectivity index (χ3v) is 4.89. The highest BCUT2D eigenvalue weighted by Gasteiger charge is 2.29. The number of rotatable bonds is 6. The molecule has 1 aromatic rings. The fourth-order valence-corrected chi connectivity index (χ4v) is 3.17. The van der Waals surface area contributed by atoms with Crippen molar-refractivity contribution >= 4 is 21.6 Å². The molecule has 110 valence electrons. The fraction of sp³-hybridized carbons (Fsp3) is 0.462. The van der Waals surface area contributed by atoms with E-state index in [4.69, 9.17) is 5.73 Å². The summed E-state index contributed by atoms with van der Waals surface area (Å²) in [5, 5.41) is 2.70. The minimum absolute atomic E-state index is 0.00401. The number of benzene rings is 1. The van der Waals surface area contributed by atoms with Crippen LogP contribution in [0.25, 0.3) is 0 Å².